The molecule has 0 N–H and O–H groups in total. The Morgan fingerprint density at radius 1 is 1.24 bits per heavy atom. The van der Waals surface area contributed by atoms with Crippen LogP contribution in [0.3, 0.4) is 0 Å². The second-order valence-electron chi connectivity index (χ2n) is 3.64. The Kier molecular flexibility index (Phi) is 7.43. The van der Waals surface area contributed by atoms with Gasteiger partial charge in [-0.1, -0.05) is 13.2 Å². The average Bonchev–Trinajstić information content (AvgIpc) is 2.25. The van der Waals surface area contributed by atoms with Crippen LogP contribution in [0, 0.1) is 0 Å². The number of carbonyl (C=O) groups excluding carboxylic acids is 2. The lowest BCUT2D eigenvalue weighted by Gasteiger charge is -2.16. The summed E-state index contributed by atoms with van der Waals surface area (Å²) < 4.78 is 15.2. The van der Waals surface area contributed by atoms with Crippen molar-refractivity contribution in [1.29, 1.82) is 0 Å². The molecule has 0 rings (SSSR count). The number of esters is 2. The standard InChI is InChI=1S/C10H18O5Si2/c1-6(2)9(11)13-5-8(17-15-16)14-10(12)7(3)4/h8H,1,3,5,17H2,2,4,16H3. The smallest absolute Gasteiger partial charge is 0.333 e. The molecular formula is C10H18O5Si2. The SMILES string of the molecule is C=C(C)C(=O)OCC(OC(=O)C(=C)C)[SiH2]O[SiH3]. The second-order valence-corrected chi connectivity index (χ2v) is 7.20. The maximum atomic E-state index is 11.3. The Balaban J connectivity index is 4.24. The van der Waals surface area contributed by atoms with Crippen LogP contribution in [-0.4, -0.2) is 44.5 Å². The summed E-state index contributed by atoms with van der Waals surface area (Å²) in [6.07, 6.45) is 0. The van der Waals surface area contributed by atoms with E-state index in [1.165, 1.54) is 0 Å². The molecule has 0 spiro atoms. The third-order valence-corrected chi connectivity index (χ3v) is 3.83. The summed E-state index contributed by atoms with van der Waals surface area (Å²) in [6.45, 7) is 10.1. The van der Waals surface area contributed by atoms with Gasteiger partial charge in [-0.2, -0.15) is 0 Å². The van der Waals surface area contributed by atoms with Crippen LogP contribution in [0.2, 0.25) is 0 Å². The fourth-order valence-electron chi connectivity index (χ4n) is 0.846. The van der Waals surface area contributed by atoms with Crippen LogP contribution in [0.15, 0.2) is 24.3 Å². The van der Waals surface area contributed by atoms with E-state index in [4.69, 9.17) is 13.6 Å². The molecule has 1 atom stereocenters. The highest BCUT2D eigenvalue weighted by atomic mass is 28.3. The van der Waals surface area contributed by atoms with Gasteiger partial charge in [0.25, 0.3) is 0 Å². The van der Waals surface area contributed by atoms with E-state index < -0.39 is 27.4 Å². The van der Waals surface area contributed by atoms with Crippen LogP contribution >= 0.6 is 0 Å². The zero-order valence-electron chi connectivity index (χ0n) is 10.4. The van der Waals surface area contributed by atoms with Crippen LogP contribution in [0.4, 0.5) is 0 Å². The van der Waals surface area contributed by atoms with Crippen LogP contribution in [0.1, 0.15) is 13.8 Å². The number of ether oxygens (including phenoxy) is 2. The van der Waals surface area contributed by atoms with Gasteiger partial charge in [0.1, 0.15) is 22.8 Å². The summed E-state index contributed by atoms with van der Waals surface area (Å²) in [6, 6.07) is 0. The third-order valence-electron chi connectivity index (χ3n) is 1.72. The highest BCUT2D eigenvalue weighted by molar-refractivity contribution is 6.36. The average molecular weight is 274 g/mol. The third kappa shape index (κ3) is 6.87. The summed E-state index contributed by atoms with van der Waals surface area (Å²) in [5.74, 6) is -0.990. The van der Waals surface area contributed by atoms with Gasteiger partial charge in [0.15, 0.2) is 9.76 Å². The highest BCUT2D eigenvalue weighted by Crippen LogP contribution is 2.01. The first-order valence-electron chi connectivity index (χ1n) is 5.06. The molecule has 1 unspecified atom stereocenters. The fraction of sp³-hybridized carbons (Fsp3) is 0.400. The lowest BCUT2D eigenvalue weighted by molar-refractivity contribution is -0.149. The predicted molar refractivity (Wildman–Crippen MR) is 70.0 cm³/mol. The van der Waals surface area contributed by atoms with Gasteiger partial charge in [-0.3, -0.25) is 0 Å². The number of hydrogen-bond donors (Lipinski definition) is 0. The molecule has 0 bridgehead atoms. The van der Waals surface area contributed by atoms with Crippen molar-refractivity contribution >= 4 is 32.2 Å². The Bertz CT molecular complexity index is 327. The normalized spacial score (nSPS) is 12.4. The Hall–Kier alpha value is -1.19. The van der Waals surface area contributed by atoms with E-state index in [1.54, 1.807) is 13.8 Å². The van der Waals surface area contributed by atoms with Gasteiger partial charge < -0.3 is 13.6 Å². The molecule has 0 saturated carbocycles. The molecule has 96 valence electrons. The van der Waals surface area contributed by atoms with E-state index in [1.807, 2.05) is 0 Å². The second kappa shape index (κ2) is 7.99. The van der Waals surface area contributed by atoms with E-state index in [9.17, 15) is 9.59 Å². The molecule has 7 heteroatoms. The van der Waals surface area contributed by atoms with Crippen LogP contribution in [0.5, 0.6) is 0 Å². The van der Waals surface area contributed by atoms with Crippen LogP contribution < -0.4 is 0 Å². The molecule has 0 aromatic heterocycles. The zero-order chi connectivity index (χ0) is 13.4. The monoisotopic (exact) mass is 274 g/mol. The van der Waals surface area contributed by atoms with Gasteiger partial charge in [-0.25, -0.2) is 9.59 Å². The topological polar surface area (TPSA) is 61.8 Å². The minimum atomic E-state index is -1.04. The minimum absolute atomic E-state index is 0.0131. The first kappa shape index (κ1) is 15.8. The van der Waals surface area contributed by atoms with Crippen molar-refractivity contribution in [1.82, 2.24) is 0 Å². The van der Waals surface area contributed by atoms with Gasteiger partial charge >= 0.3 is 11.9 Å². The summed E-state index contributed by atoms with van der Waals surface area (Å²) >= 11 is 0. The maximum absolute atomic E-state index is 11.3. The van der Waals surface area contributed by atoms with E-state index in [-0.39, 0.29) is 6.61 Å². The quantitative estimate of drug-likeness (QED) is 0.336. The highest BCUT2D eigenvalue weighted by Gasteiger charge is 2.17. The Morgan fingerprint density at radius 3 is 2.18 bits per heavy atom. The Labute approximate surface area is 106 Å². The summed E-state index contributed by atoms with van der Waals surface area (Å²) in [7, 11) is -0.462. The van der Waals surface area contributed by atoms with Gasteiger partial charge in [0.2, 0.25) is 0 Å². The van der Waals surface area contributed by atoms with Crippen molar-refractivity contribution in [3.8, 4) is 0 Å². The molecule has 0 aliphatic carbocycles. The number of carbonyl (C=O) groups is 2. The fourth-order valence-corrected chi connectivity index (χ4v) is 2.77. The van der Waals surface area contributed by atoms with Crippen LogP contribution in [-0.2, 0) is 23.2 Å². The van der Waals surface area contributed by atoms with Crippen molar-refractivity contribution in [2.75, 3.05) is 6.61 Å². The number of hydrogen-bond acceptors (Lipinski definition) is 5. The molecule has 0 aromatic carbocycles. The molecule has 0 aliphatic heterocycles. The lowest BCUT2D eigenvalue weighted by atomic mass is 10.4. The van der Waals surface area contributed by atoms with E-state index >= 15 is 0 Å². The minimum Gasteiger partial charge on any atom is -0.465 e. The zero-order valence-corrected chi connectivity index (χ0v) is 13.9. The van der Waals surface area contributed by atoms with Crippen LogP contribution in [0.25, 0.3) is 0 Å². The van der Waals surface area contributed by atoms with E-state index in [0.717, 1.165) is 0 Å². The van der Waals surface area contributed by atoms with Gasteiger partial charge in [0.05, 0.1) is 0 Å². The molecule has 5 nitrogen and oxygen atoms in total. The van der Waals surface area contributed by atoms with E-state index in [2.05, 4.69) is 13.2 Å². The van der Waals surface area contributed by atoms with Crippen molar-refractivity contribution in [3.63, 3.8) is 0 Å². The Morgan fingerprint density at radius 2 is 1.76 bits per heavy atom. The van der Waals surface area contributed by atoms with Crippen molar-refractivity contribution < 1.29 is 23.2 Å². The largest absolute Gasteiger partial charge is 0.465 e. The first-order chi connectivity index (χ1) is 7.88. The lowest BCUT2D eigenvalue weighted by Crippen LogP contribution is -2.32. The van der Waals surface area contributed by atoms with Gasteiger partial charge in [-0.05, 0) is 13.8 Å². The predicted octanol–water partition coefficient (Wildman–Crippen LogP) is -1.07. The van der Waals surface area contributed by atoms with Gasteiger partial charge in [0, 0.05) is 11.1 Å². The molecule has 0 fully saturated rings. The number of rotatable bonds is 7. The molecular weight excluding hydrogens is 256 g/mol. The summed E-state index contributed by atoms with van der Waals surface area (Å²) in [5.41, 5.74) is 0.145. The van der Waals surface area contributed by atoms with E-state index in [0.29, 0.717) is 21.6 Å². The maximum Gasteiger partial charge on any atom is 0.333 e. The molecule has 0 radical (unpaired) electrons. The first-order valence-corrected chi connectivity index (χ1v) is 7.27. The summed E-state index contributed by atoms with van der Waals surface area (Å²) in [5, 5.41) is 0. The van der Waals surface area contributed by atoms with Crippen molar-refractivity contribution in [2.24, 2.45) is 0 Å². The van der Waals surface area contributed by atoms with Crippen molar-refractivity contribution in [2.45, 2.75) is 19.6 Å². The molecule has 0 saturated heterocycles. The molecule has 17 heavy (non-hydrogen) atoms. The molecule has 0 aliphatic rings. The summed E-state index contributed by atoms with van der Waals surface area (Å²) in [4.78, 5) is 22.5. The van der Waals surface area contributed by atoms with Gasteiger partial charge in [-0.15, -0.1) is 0 Å². The molecule has 0 aromatic rings. The molecule has 0 heterocycles. The molecule has 0 amide bonds. The van der Waals surface area contributed by atoms with Crippen molar-refractivity contribution in [3.05, 3.63) is 24.3 Å².